The van der Waals surface area contributed by atoms with Crippen molar-refractivity contribution in [1.82, 2.24) is 5.43 Å². The molecular formula is C22H28N4O2. The Morgan fingerprint density at radius 3 is 2.14 bits per heavy atom. The zero-order valence-electron chi connectivity index (χ0n) is 16.7. The number of hydrazone groups is 1. The van der Waals surface area contributed by atoms with Crippen LogP contribution in [0.15, 0.2) is 53.6 Å². The van der Waals surface area contributed by atoms with E-state index < -0.39 is 0 Å². The van der Waals surface area contributed by atoms with Crippen LogP contribution >= 0.6 is 0 Å². The molecule has 0 bridgehead atoms. The normalized spacial score (nSPS) is 10.7. The van der Waals surface area contributed by atoms with Crippen molar-refractivity contribution in [2.75, 3.05) is 23.3 Å². The summed E-state index contributed by atoms with van der Waals surface area (Å²) < 4.78 is 0. The predicted octanol–water partition coefficient (Wildman–Crippen LogP) is 3.71. The first-order valence-electron chi connectivity index (χ1n) is 9.55. The van der Waals surface area contributed by atoms with Crippen LogP contribution < -0.4 is 15.6 Å². The molecule has 0 aliphatic carbocycles. The summed E-state index contributed by atoms with van der Waals surface area (Å²) in [4.78, 5) is 26.0. The molecule has 2 aromatic rings. The molecule has 0 saturated carbocycles. The molecule has 2 amide bonds. The molecule has 0 spiro atoms. The minimum absolute atomic E-state index is 0.0793. The molecule has 0 atom stereocenters. The van der Waals surface area contributed by atoms with Crippen molar-refractivity contribution < 1.29 is 9.59 Å². The van der Waals surface area contributed by atoms with Gasteiger partial charge in [0.1, 0.15) is 0 Å². The minimum Gasteiger partial charge on any atom is -0.372 e. The number of carbonyl (C=O) groups is 2. The lowest BCUT2D eigenvalue weighted by Gasteiger charge is -2.20. The Morgan fingerprint density at radius 2 is 1.54 bits per heavy atom. The Hall–Kier alpha value is -3.15. The van der Waals surface area contributed by atoms with E-state index in [1.807, 2.05) is 55.5 Å². The first kappa shape index (κ1) is 21.2. The fourth-order valence-electron chi connectivity index (χ4n) is 2.68. The lowest BCUT2D eigenvalue weighted by molar-refractivity contribution is -0.124. The highest BCUT2D eigenvalue weighted by molar-refractivity contribution is 5.93. The maximum atomic E-state index is 11.9. The Balaban J connectivity index is 1.74. The predicted molar refractivity (Wildman–Crippen MR) is 115 cm³/mol. The molecule has 0 aromatic heterocycles. The van der Waals surface area contributed by atoms with Crippen molar-refractivity contribution in [3.05, 3.63) is 59.7 Å². The molecule has 2 aromatic carbocycles. The van der Waals surface area contributed by atoms with Crippen molar-refractivity contribution in [2.45, 2.75) is 33.6 Å². The Kier molecular flexibility index (Phi) is 8.21. The number of hydrogen-bond donors (Lipinski definition) is 2. The SMILES string of the molecule is CCN(CC)c1ccc(C=NNC(=O)CCC(=O)Nc2ccc(C)cc2)cc1. The maximum absolute atomic E-state index is 11.9. The third-order valence-corrected chi connectivity index (χ3v) is 4.34. The number of nitrogens with one attached hydrogen (secondary N) is 2. The number of rotatable bonds is 9. The Labute approximate surface area is 166 Å². The topological polar surface area (TPSA) is 73.8 Å². The van der Waals surface area contributed by atoms with E-state index in [1.54, 1.807) is 6.21 Å². The largest absolute Gasteiger partial charge is 0.372 e. The van der Waals surface area contributed by atoms with Crippen LogP contribution in [0.25, 0.3) is 0 Å². The molecule has 148 valence electrons. The third-order valence-electron chi connectivity index (χ3n) is 4.34. The van der Waals surface area contributed by atoms with E-state index in [2.05, 4.69) is 34.6 Å². The maximum Gasteiger partial charge on any atom is 0.240 e. The van der Waals surface area contributed by atoms with Gasteiger partial charge in [0.15, 0.2) is 0 Å². The van der Waals surface area contributed by atoms with Crippen LogP contribution in [-0.4, -0.2) is 31.1 Å². The highest BCUT2D eigenvalue weighted by atomic mass is 16.2. The molecule has 2 rings (SSSR count). The van der Waals surface area contributed by atoms with Gasteiger partial charge in [0.2, 0.25) is 11.8 Å². The van der Waals surface area contributed by atoms with Crippen molar-refractivity contribution in [3.63, 3.8) is 0 Å². The zero-order chi connectivity index (χ0) is 20.4. The number of carbonyl (C=O) groups excluding carboxylic acids is 2. The van der Waals surface area contributed by atoms with Crippen molar-refractivity contribution in [3.8, 4) is 0 Å². The van der Waals surface area contributed by atoms with E-state index in [-0.39, 0.29) is 24.7 Å². The fourth-order valence-corrected chi connectivity index (χ4v) is 2.68. The Morgan fingerprint density at radius 1 is 0.929 bits per heavy atom. The second-order valence-electron chi connectivity index (χ2n) is 6.47. The van der Waals surface area contributed by atoms with Gasteiger partial charge in [-0.2, -0.15) is 5.10 Å². The average molecular weight is 380 g/mol. The summed E-state index contributed by atoms with van der Waals surface area (Å²) in [7, 11) is 0. The summed E-state index contributed by atoms with van der Waals surface area (Å²) in [5.74, 6) is -0.495. The second-order valence-corrected chi connectivity index (χ2v) is 6.47. The average Bonchev–Trinajstić information content (AvgIpc) is 2.70. The number of anilines is 2. The van der Waals surface area contributed by atoms with Gasteiger partial charge in [0.25, 0.3) is 0 Å². The van der Waals surface area contributed by atoms with Gasteiger partial charge in [0, 0.05) is 37.3 Å². The molecule has 28 heavy (non-hydrogen) atoms. The lowest BCUT2D eigenvalue weighted by atomic mass is 10.2. The number of amides is 2. The van der Waals surface area contributed by atoms with Crippen molar-refractivity contribution >= 4 is 29.4 Å². The van der Waals surface area contributed by atoms with Gasteiger partial charge in [-0.3, -0.25) is 9.59 Å². The van der Waals surface area contributed by atoms with Gasteiger partial charge in [-0.05, 0) is 50.6 Å². The standard InChI is InChI=1S/C22H28N4O2/c1-4-26(5-2)20-12-8-18(9-13-20)16-23-25-22(28)15-14-21(27)24-19-10-6-17(3)7-11-19/h6-13,16H,4-5,14-15H2,1-3H3,(H,24,27)(H,25,28). The smallest absolute Gasteiger partial charge is 0.240 e. The van der Waals surface area contributed by atoms with Crippen molar-refractivity contribution in [1.29, 1.82) is 0 Å². The van der Waals surface area contributed by atoms with Gasteiger partial charge in [0.05, 0.1) is 6.21 Å². The molecule has 2 N–H and O–H groups in total. The van der Waals surface area contributed by atoms with Gasteiger partial charge in [-0.25, -0.2) is 5.43 Å². The molecule has 0 aliphatic rings. The molecular weight excluding hydrogens is 352 g/mol. The van der Waals surface area contributed by atoms with Gasteiger partial charge < -0.3 is 10.2 Å². The zero-order valence-corrected chi connectivity index (χ0v) is 16.7. The molecule has 0 fully saturated rings. The molecule has 0 radical (unpaired) electrons. The number of hydrogen-bond acceptors (Lipinski definition) is 4. The van der Waals surface area contributed by atoms with Gasteiger partial charge in [-0.15, -0.1) is 0 Å². The van der Waals surface area contributed by atoms with Crippen LogP contribution in [0.3, 0.4) is 0 Å². The first-order chi connectivity index (χ1) is 13.5. The number of nitrogens with zero attached hydrogens (tertiary/aromatic N) is 2. The van der Waals surface area contributed by atoms with E-state index in [1.165, 1.54) is 0 Å². The third kappa shape index (κ3) is 6.87. The van der Waals surface area contributed by atoms with E-state index in [9.17, 15) is 9.59 Å². The molecule has 0 saturated heterocycles. The number of benzene rings is 2. The van der Waals surface area contributed by atoms with Crippen LogP contribution in [0.1, 0.15) is 37.8 Å². The molecule has 6 heteroatoms. The highest BCUT2D eigenvalue weighted by Gasteiger charge is 2.06. The molecule has 0 aliphatic heterocycles. The second kappa shape index (κ2) is 10.9. The number of aryl methyl sites for hydroxylation is 1. The van der Waals surface area contributed by atoms with Gasteiger partial charge >= 0.3 is 0 Å². The van der Waals surface area contributed by atoms with Crippen LogP contribution in [-0.2, 0) is 9.59 Å². The van der Waals surface area contributed by atoms with E-state index in [4.69, 9.17) is 0 Å². The first-order valence-corrected chi connectivity index (χ1v) is 9.55. The summed E-state index contributed by atoms with van der Waals surface area (Å²) in [6, 6.07) is 15.5. The summed E-state index contributed by atoms with van der Waals surface area (Å²) in [6.45, 7) is 8.13. The Bertz CT molecular complexity index is 794. The van der Waals surface area contributed by atoms with Crippen LogP contribution in [0.4, 0.5) is 11.4 Å². The minimum atomic E-state index is -0.296. The summed E-state index contributed by atoms with van der Waals surface area (Å²) in [6.07, 6.45) is 1.78. The van der Waals surface area contributed by atoms with Crippen LogP contribution in [0.5, 0.6) is 0 Å². The molecule has 0 heterocycles. The van der Waals surface area contributed by atoms with Gasteiger partial charge in [-0.1, -0.05) is 29.8 Å². The summed E-state index contributed by atoms with van der Waals surface area (Å²) in [5, 5.41) is 6.73. The van der Waals surface area contributed by atoms with E-state index in [0.717, 1.165) is 35.6 Å². The monoisotopic (exact) mass is 380 g/mol. The van der Waals surface area contributed by atoms with Crippen LogP contribution in [0, 0.1) is 6.92 Å². The summed E-state index contributed by atoms with van der Waals surface area (Å²) in [5.41, 5.74) is 6.36. The van der Waals surface area contributed by atoms with Crippen LogP contribution in [0.2, 0.25) is 0 Å². The van der Waals surface area contributed by atoms with Crippen molar-refractivity contribution in [2.24, 2.45) is 5.10 Å². The molecule has 0 unspecified atom stereocenters. The fraction of sp³-hybridized carbons (Fsp3) is 0.318. The quantitative estimate of drug-likeness (QED) is 0.514. The lowest BCUT2D eigenvalue weighted by Crippen LogP contribution is -2.21. The van der Waals surface area contributed by atoms with E-state index >= 15 is 0 Å². The highest BCUT2D eigenvalue weighted by Crippen LogP contribution is 2.14. The van der Waals surface area contributed by atoms with E-state index in [0.29, 0.717) is 0 Å². The summed E-state index contributed by atoms with van der Waals surface area (Å²) >= 11 is 0. The molecule has 6 nitrogen and oxygen atoms in total.